The summed E-state index contributed by atoms with van der Waals surface area (Å²) in [5.41, 5.74) is 4.78. The van der Waals surface area contributed by atoms with Crippen LogP contribution in [0.1, 0.15) is 11.3 Å². The summed E-state index contributed by atoms with van der Waals surface area (Å²) in [4.78, 5) is 4.29. The number of hydrazone groups is 1. The second-order valence-corrected chi connectivity index (χ2v) is 7.01. The summed E-state index contributed by atoms with van der Waals surface area (Å²) in [6.07, 6.45) is 3.44. The predicted octanol–water partition coefficient (Wildman–Crippen LogP) is 4.83. The summed E-state index contributed by atoms with van der Waals surface area (Å²) in [6.45, 7) is 6.07. The molecule has 0 aliphatic carbocycles. The molecular weight excluding hydrogens is 465 g/mol. The van der Waals surface area contributed by atoms with Crippen LogP contribution in [-0.2, 0) is 0 Å². The van der Waals surface area contributed by atoms with E-state index in [9.17, 15) is 0 Å². The maximum atomic E-state index is 5.70. The number of hydrogen-bond acceptors (Lipinski definition) is 5. The Morgan fingerprint density at radius 3 is 3.05 bits per heavy atom. The minimum absolute atomic E-state index is 0.456. The smallest absolute Gasteiger partial charge is 0.203 e. The molecule has 21 heavy (non-hydrogen) atoms. The molecule has 0 aliphatic heterocycles. The minimum Gasteiger partial charge on any atom is -0.488 e. The van der Waals surface area contributed by atoms with E-state index in [0.29, 0.717) is 6.61 Å². The van der Waals surface area contributed by atoms with Crippen LogP contribution in [0.3, 0.4) is 0 Å². The Morgan fingerprint density at radius 1 is 1.57 bits per heavy atom. The van der Waals surface area contributed by atoms with Crippen molar-refractivity contribution in [2.45, 2.75) is 6.92 Å². The third kappa shape index (κ3) is 4.79. The molecule has 0 amide bonds. The van der Waals surface area contributed by atoms with Crippen molar-refractivity contribution in [3.05, 3.63) is 49.5 Å². The van der Waals surface area contributed by atoms with E-state index < -0.39 is 0 Å². The number of hydrogen-bond donors (Lipinski definition) is 1. The predicted molar refractivity (Wildman–Crippen MR) is 101 cm³/mol. The zero-order valence-electron chi connectivity index (χ0n) is 11.3. The maximum absolute atomic E-state index is 5.70. The summed E-state index contributed by atoms with van der Waals surface area (Å²) in [6, 6.07) is 3.95. The quantitative estimate of drug-likeness (QED) is 0.280. The summed E-state index contributed by atoms with van der Waals surface area (Å²) in [5, 5.41) is 6.96. The molecule has 7 heteroatoms. The first-order valence-corrected chi connectivity index (χ1v) is 8.79. The molecule has 1 aromatic heterocycles. The normalized spacial score (nSPS) is 10.8. The number of anilines is 1. The van der Waals surface area contributed by atoms with Gasteiger partial charge in [-0.15, -0.1) is 11.3 Å². The number of aryl methyl sites for hydroxylation is 1. The number of nitrogens with one attached hydrogen (secondary N) is 1. The SMILES string of the molecule is C=CCOc1c(I)cc(Br)cc1C=NNc1nc(C)cs1. The third-order valence-electron chi connectivity index (χ3n) is 2.37. The van der Waals surface area contributed by atoms with Gasteiger partial charge in [0.15, 0.2) is 0 Å². The summed E-state index contributed by atoms with van der Waals surface area (Å²) >= 11 is 7.24. The molecule has 0 saturated carbocycles. The largest absolute Gasteiger partial charge is 0.488 e. The molecule has 1 heterocycles. The Labute approximate surface area is 149 Å². The lowest BCUT2D eigenvalue weighted by Crippen LogP contribution is -2.00. The zero-order valence-corrected chi connectivity index (χ0v) is 15.8. The topological polar surface area (TPSA) is 46.5 Å². The van der Waals surface area contributed by atoms with E-state index in [1.165, 1.54) is 11.3 Å². The van der Waals surface area contributed by atoms with Crippen LogP contribution in [0.5, 0.6) is 5.75 Å². The van der Waals surface area contributed by atoms with Crippen LogP contribution >= 0.6 is 49.9 Å². The van der Waals surface area contributed by atoms with Gasteiger partial charge in [0.2, 0.25) is 5.13 Å². The number of benzene rings is 1. The van der Waals surface area contributed by atoms with Gasteiger partial charge < -0.3 is 4.74 Å². The Morgan fingerprint density at radius 2 is 2.38 bits per heavy atom. The monoisotopic (exact) mass is 477 g/mol. The molecule has 0 spiro atoms. The van der Waals surface area contributed by atoms with Gasteiger partial charge in [-0.2, -0.15) is 5.10 Å². The van der Waals surface area contributed by atoms with Gasteiger partial charge in [0.1, 0.15) is 12.4 Å². The van der Waals surface area contributed by atoms with E-state index >= 15 is 0 Å². The van der Waals surface area contributed by atoms with Crippen LogP contribution < -0.4 is 10.2 Å². The van der Waals surface area contributed by atoms with Crippen molar-refractivity contribution in [1.82, 2.24) is 4.98 Å². The zero-order chi connectivity index (χ0) is 15.2. The second kappa shape index (κ2) is 7.90. The number of ether oxygens (including phenoxy) is 1. The first-order chi connectivity index (χ1) is 10.1. The summed E-state index contributed by atoms with van der Waals surface area (Å²) in [5.74, 6) is 0.791. The highest BCUT2D eigenvalue weighted by molar-refractivity contribution is 14.1. The van der Waals surface area contributed by atoms with E-state index in [0.717, 1.165) is 30.2 Å². The van der Waals surface area contributed by atoms with E-state index in [-0.39, 0.29) is 0 Å². The standard InChI is InChI=1S/C14H13BrIN3OS/c1-3-4-20-13-10(5-11(15)6-12(13)16)7-17-19-14-18-9(2)8-21-14/h3,5-8H,1,4H2,2H3,(H,18,19). The van der Waals surface area contributed by atoms with E-state index in [1.54, 1.807) is 12.3 Å². The Bertz CT molecular complexity index is 672. The Kier molecular flexibility index (Phi) is 6.19. The van der Waals surface area contributed by atoms with Crippen molar-refractivity contribution in [2.75, 3.05) is 12.0 Å². The van der Waals surface area contributed by atoms with Crippen molar-refractivity contribution in [1.29, 1.82) is 0 Å². The average molecular weight is 478 g/mol. The third-order valence-corrected chi connectivity index (χ3v) is 4.49. The summed E-state index contributed by atoms with van der Waals surface area (Å²) < 4.78 is 7.69. The Hall–Kier alpha value is -0.930. The van der Waals surface area contributed by atoms with Crippen molar-refractivity contribution < 1.29 is 4.74 Å². The molecule has 0 bridgehead atoms. The van der Waals surface area contributed by atoms with E-state index in [2.05, 4.69) is 60.6 Å². The minimum atomic E-state index is 0.456. The number of halogens is 2. The highest BCUT2D eigenvalue weighted by atomic mass is 127. The first kappa shape index (κ1) is 16.4. The van der Waals surface area contributed by atoms with E-state index in [4.69, 9.17) is 4.74 Å². The van der Waals surface area contributed by atoms with Crippen molar-refractivity contribution in [2.24, 2.45) is 5.10 Å². The fraction of sp³-hybridized carbons (Fsp3) is 0.143. The lowest BCUT2D eigenvalue weighted by atomic mass is 10.2. The van der Waals surface area contributed by atoms with Gasteiger partial charge in [-0.05, 0) is 41.6 Å². The maximum Gasteiger partial charge on any atom is 0.203 e. The molecule has 0 aliphatic rings. The fourth-order valence-corrected chi connectivity index (χ4v) is 3.88. The van der Waals surface area contributed by atoms with Gasteiger partial charge in [0.05, 0.1) is 15.5 Å². The van der Waals surface area contributed by atoms with Crippen LogP contribution in [0.25, 0.3) is 0 Å². The molecule has 0 atom stereocenters. The average Bonchev–Trinajstić information content (AvgIpc) is 2.83. The molecule has 0 fully saturated rings. The van der Waals surface area contributed by atoms with Gasteiger partial charge in [-0.3, -0.25) is 5.43 Å². The molecule has 110 valence electrons. The molecule has 0 radical (unpaired) electrons. The molecule has 2 aromatic rings. The molecule has 4 nitrogen and oxygen atoms in total. The molecule has 0 unspecified atom stereocenters. The second-order valence-electron chi connectivity index (χ2n) is 4.07. The fourth-order valence-electron chi connectivity index (χ4n) is 1.53. The lowest BCUT2D eigenvalue weighted by molar-refractivity contribution is 0.360. The molecule has 1 aromatic carbocycles. The van der Waals surface area contributed by atoms with Crippen LogP contribution in [0.4, 0.5) is 5.13 Å². The Balaban J connectivity index is 2.18. The molecule has 0 saturated heterocycles. The number of thiazole rings is 1. The van der Waals surface area contributed by atoms with Gasteiger partial charge >= 0.3 is 0 Å². The first-order valence-electron chi connectivity index (χ1n) is 6.04. The number of rotatable bonds is 6. The molecule has 1 N–H and O–H groups in total. The lowest BCUT2D eigenvalue weighted by Gasteiger charge is -2.10. The van der Waals surface area contributed by atoms with Gasteiger partial charge in [-0.25, -0.2) is 4.98 Å². The van der Waals surface area contributed by atoms with Gasteiger partial charge in [0, 0.05) is 15.4 Å². The highest BCUT2D eigenvalue weighted by Crippen LogP contribution is 2.29. The summed E-state index contributed by atoms with van der Waals surface area (Å²) in [7, 11) is 0. The number of nitrogens with zero attached hydrogens (tertiary/aromatic N) is 2. The van der Waals surface area contributed by atoms with Crippen LogP contribution in [-0.4, -0.2) is 17.8 Å². The van der Waals surface area contributed by atoms with Crippen molar-refractivity contribution in [3.8, 4) is 5.75 Å². The van der Waals surface area contributed by atoms with Crippen molar-refractivity contribution >= 4 is 61.2 Å². The molecular formula is C14H13BrIN3OS. The van der Waals surface area contributed by atoms with Crippen LogP contribution in [0.15, 0.2) is 39.7 Å². The van der Waals surface area contributed by atoms with Crippen LogP contribution in [0.2, 0.25) is 0 Å². The van der Waals surface area contributed by atoms with E-state index in [1.807, 2.05) is 24.4 Å². The molecule has 2 rings (SSSR count). The van der Waals surface area contributed by atoms with Crippen LogP contribution in [0, 0.1) is 10.5 Å². The van der Waals surface area contributed by atoms with Gasteiger partial charge in [0.25, 0.3) is 0 Å². The number of aromatic nitrogens is 1. The highest BCUT2D eigenvalue weighted by Gasteiger charge is 2.08. The van der Waals surface area contributed by atoms with Crippen molar-refractivity contribution in [3.63, 3.8) is 0 Å². The van der Waals surface area contributed by atoms with Gasteiger partial charge in [-0.1, -0.05) is 28.6 Å².